The van der Waals surface area contributed by atoms with E-state index in [2.05, 4.69) is 27.8 Å². The number of amides is 5. The molecule has 0 radical (unpaired) electrons. The number of aliphatic hydroxyl groups excluding tert-OH is 1. The van der Waals surface area contributed by atoms with Crippen LogP contribution in [-0.2, 0) is 30.5 Å². The van der Waals surface area contributed by atoms with Gasteiger partial charge in [-0.25, -0.2) is 4.79 Å². The van der Waals surface area contributed by atoms with E-state index in [0.717, 1.165) is 0 Å². The fourth-order valence-electron chi connectivity index (χ4n) is 4.49. The van der Waals surface area contributed by atoms with E-state index in [1.54, 1.807) is 30.3 Å². The van der Waals surface area contributed by atoms with Crippen LogP contribution in [0, 0.1) is 5.41 Å². The molecule has 12 nitrogen and oxygen atoms in total. The van der Waals surface area contributed by atoms with Crippen LogP contribution in [0.4, 0.5) is 10.5 Å². The summed E-state index contributed by atoms with van der Waals surface area (Å²) in [6.45, 7) is 3.61. The third-order valence-electron chi connectivity index (χ3n) is 7.05. The largest absolute Gasteiger partial charge is 0.461 e. The van der Waals surface area contributed by atoms with Gasteiger partial charge in [-0.3, -0.25) is 19.2 Å². The van der Waals surface area contributed by atoms with Crippen LogP contribution in [0.5, 0.6) is 0 Å². The van der Waals surface area contributed by atoms with Gasteiger partial charge in [0.2, 0.25) is 17.7 Å². The number of hydrogen-bond acceptors (Lipinski definition) is 8. The Morgan fingerprint density at radius 1 is 1.10 bits per heavy atom. The number of primary amides is 1. The van der Waals surface area contributed by atoms with Crippen LogP contribution in [0.1, 0.15) is 55.7 Å². The number of nitrogens with two attached hydrogens (primary N) is 1. The fourth-order valence-corrected chi connectivity index (χ4v) is 5.21. The Morgan fingerprint density at radius 3 is 2.38 bits per heavy atom. The van der Waals surface area contributed by atoms with Crippen LogP contribution < -0.4 is 27.0 Å². The third kappa shape index (κ3) is 8.88. The predicted octanol–water partition coefficient (Wildman–Crippen LogP) is 2.26. The summed E-state index contributed by atoms with van der Waals surface area (Å²) in [5, 5.41) is 23.7. The molecule has 0 aliphatic heterocycles. The second-order valence-corrected chi connectivity index (χ2v) is 10.8. The number of hydrogen-bond donors (Lipinski definition) is 6. The Morgan fingerprint density at radius 2 is 1.81 bits per heavy atom. The van der Waals surface area contributed by atoms with Crippen LogP contribution in [0.2, 0.25) is 0 Å². The zero-order valence-corrected chi connectivity index (χ0v) is 24.0. The van der Waals surface area contributed by atoms with Gasteiger partial charge in [0.1, 0.15) is 18.1 Å². The van der Waals surface area contributed by atoms with Crippen molar-refractivity contribution in [3.05, 3.63) is 64.9 Å². The van der Waals surface area contributed by atoms with Crippen molar-refractivity contribution >= 4 is 46.7 Å². The van der Waals surface area contributed by atoms with Crippen molar-refractivity contribution in [2.45, 2.75) is 57.2 Å². The Balaban J connectivity index is 1.73. The number of nitrogens with one attached hydrogen (secondary N) is 4. The molecule has 1 aromatic carbocycles. The van der Waals surface area contributed by atoms with Crippen molar-refractivity contribution in [1.29, 1.82) is 0 Å². The van der Waals surface area contributed by atoms with Crippen molar-refractivity contribution in [1.82, 2.24) is 16.0 Å². The molecule has 1 aliphatic carbocycles. The zero-order valence-electron chi connectivity index (χ0n) is 23.2. The molecule has 1 aromatic heterocycles. The highest BCUT2D eigenvalue weighted by molar-refractivity contribution is 7.08. The van der Waals surface area contributed by atoms with Crippen molar-refractivity contribution in [2.24, 2.45) is 11.1 Å². The second kappa shape index (κ2) is 15.7. The first-order valence-electron chi connectivity index (χ1n) is 13.6. The molecular formula is C29H37N5O7S. The molecule has 2 aromatic rings. The summed E-state index contributed by atoms with van der Waals surface area (Å²) in [5.41, 5.74) is 5.56. The van der Waals surface area contributed by atoms with E-state index in [1.165, 1.54) is 17.4 Å². The van der Waals surface area contributed by atoms with Gasteiger partial charge in [-0.2, -0.15) is 11.3 Å². The fraction of sp³-hybridized carbons (Fsp3) is 0.414. The number of esters is 1. The average Bonchev–Trinajstić information content (AvgIpc) is 3.48. The van der Waals surface area contributed by atoms with E-state index in [0.29, 0.717) is 29.7 Å². The van der Waals surface area contributed by atoms with Crippen molar-refractivity contribution < 1.29 is 33.8 Å². The monoisotopic (exact) mass is 599 g/mol. The Labute approximate surface area is 248 Å². The summed E-state index contributed by atoms with van der Waals surface area (Å²) >= 11 is 1.41. The van der Waals surface area contributed by atoms with Gasteiger partial charge in [0.15, 0.2) is 0 Å². The number of carbonyl (C=O) groups is 5. The van der Waals surface area contributed by atoms with Gasteiger partial charge in [0.25, 0.3) is 0 Å². The van der Waals surface area contributed by atoms with Crippen LogP contribution in [-0.4, -0.2) is 54.0 Å². The standard InChI is InChI=1S/C29H37N5O7S/c1-2-14-41-24(36)16-23(20-10-15-42-18-20)34-27(39)29(11-4-12-29)26(38)33-22(5-3-13-31-28(30)40)25(37)32-21-8-6-19(17-35)7-9-21/h2,6-10,15,18,22-23,35H,1,3-5,11-14,16-17H2,(H,32,37)(H,33,38)(H,34,39)(H3,30,31,40)/t22-,23+/m0/s1. The molecule has 0 unspecified atom stereocenters. The first-order chi connectivity index (χ1) is 20.2. The lowest BCUT2D eigenvalue weighted by Gasteiger charge is -2.40. The molecule has 1 aliphatic rings. The maximum Gasteiger partial charge on any atom is 0.312 e. The Hall–Kier alpha value is -4.23. The van der Waals surface area contributed by atoms with E-state index in [1.807, 2.05) is 10.8 Å². The minimum Gasteiger partial charge on any atom is -0.461 e. The first kappa shape index (κ1) is 32.3. The molecule has 1 heterocycles. The van der Waals surface area contributed by atoms with Crippen LogP contribution in [0.25, 0.3) is 0 Å². The number of thiophene rings is 1. The average molecular weight is 600 g/mol. The third-order valence-corrected chi connectivity index (χ3v) is 7.76. The summed E-state index contributed by atoms with van der Waals surface area (Å²) in [7, 11) is 0. The molecule has 226 valence electrons. The number of benzene rings is 1. The molecule has 1 saturated carbocycles. The van der Waals surface area contributed by atoms with Gasteiger partial charge in [-0.05, 0) is 65.8 Å². The number of urea groups is 1. The summed E-state index contributed by atoms with van der Waals surface area (Å²) in [4.78, 5) is 63.9. The molecule has 3 rings (SSSR count). The predicted molar refractivity (Wildman–Crippen MR) is 157 cm³/mol. The SMILES string of the molecule is C=CCOC(=O)C[C@@H](NC(=O)C1(C(=O)N[C@@H](CCCNC(N)=O)C(=O)Nc2ccc(CO)cc2)CCC1)c1ccsc1. The van der Waals surface area contributed by atoms with Gasteiger partial charge in [-0.15, -0.1) is 0 Å². The van der Waals surface area contributed by atoms with Gasteiger partial charge < -0.3 is 36.8 Å². The highest BCUT2D eigenvalue weighted by atomic mass is 32.1. The molecule has 0 bridgehead atoms. The highest BCUT2D eigenvalue weighted by Gasteiger charge is 2.52. The lowest BCUT2D eigenvalue weighted by Crippen LogP contribution is -2.59. The summed E-state index contributed by atoms with van der Waals surface area (Å²) < 4.78 is 5.10. The van der Waals surface area contributed by atoms with E-state index >= 15 is 0 Å². The van der Waals surface area contributed by atoms with Gasteiger partial charge in [0.05, 0.1) is 19.1 Å². The van der Waals surface area contributed by atoms with Gasteiger partial charge in [-0.1, -0.05) is 31.2 Å². The summed E-state index contributed by atoms with van der Waals surface area (Å²) in [5.74, 6) is -2.15. The molecule has 1 fully saturated rings. The molecule has 2 atom stereocenters. The van der Waals surface area contributed by atoms with Gasteiger partial charge in [0, 0.05) is 12.2 Å². The smallest absolute Gasteiger partial charge is 0.312 e. The zero-order chi connectivity index (χ0) is 30.5. The quantitative estimate of drug-likeness (QED) is 0.0738. The van der Waals surface area contributed by atoms with Crippen LogP contribution in [0.3, 0.4) is 0 Å². The topological polar surface area (TPSA) is 189 Å². The normalized spacial score (nSPS) is 14.8. The Bertz CT molecular complexity index is 1250. The van der Waals surface area contributed by atoms with E-state index in [9.17, 15) is 29.1 Å². The van der Waals surface area contributed by atoms with E-state index in [-0.39, 0.29) is 45.4 Å². The lowest BCUT2D eigenvalue weighted by atomic mass is 9.67. The minimum atomic E-state index is -1.41. The first-order valence-corrected chi connectivity index (χ1v) is 14.6. The summed E-state index contributed by atoms with van der Waals surface area (Å²) in [6.07, 6.45) is 3.02. The Kier molecular flexibility index (Phi) is 12.1. The summed E-state index contributed by atoms with van der Waals surface area (Å²) in [6, 6.07) is 5.93. The highest BCUT2D eigenvalue weighted by Crippen LogP contribution is 2.42. The van der Waals surface area contributed by atoms with E-state index < -0.39 is 47.2 Å². The van der Waals surface area contributed by atoms with Gasteiger partial charge >= 0.3 is 12.0 Å². The maximum absolute atomic E-state index is 13.6. The molecule has 42 heavy (non-hydrogen) atoms. The molecule has 7 N–H and O–H groups in total. The van der Waals surface area contributed by atoms with E-state index in [4.69, 9.17) is 10.5 Å². The second-order valence-electron chi connectivity index (χ2n) is 10.00. The molecule has 0 saturated heterocycles. The van der Waals surface area contributed by atoms with Crippen molar-refractivity contribution in [3.63, 3.8) is 0 Å². The molecular weight excluding hydrogens is 562 g/mol. The number of carbonyl (C=O) groups excluding carboxylic acids is 5. The number of ether oxygens (including phenoxy) is 1. The molecule has 13 heteroatoms. The maximum atomic E-state index is 13.6. The van der Waals surface area contributed by atoms with Crippen molar-refractivity contribution in [2.75, 3.05) is 18.5 Å². The number of anilines is 1. The molecule has 5 amide bonds. The van der Waals surface area contributed by atoms with Crippen molar-refractivity contribution in [3.8, 4) is 0 Å². The van der Waals surface area contributed by atoms with Crippen LogP contribution >= 0.6 is 11.3 Å². The van der Waals surface area contributed by atoms with Crippen LogP contribution in [0.15, 0.2) is 53.7 Å². The number of rotatable bonds is 16. The molecule has 0 spiro atoms. The number of aliphatic hydroxyl groups is 1. The minimum absolute atomic E-state index is 0.0411. The lowest BCUT2D eigenvalue weighted by molar-refractivity contribution is -0.151.